The number of nitrogens with zero attached hydrogens (tertiary/aromatic N) is 2. The molecular formula is C14H21N3O. The summed E-state index contributed by atoms with van der Waals surface area (Å²) < 4.78 is 0. The Bertz CT molecular complexity index is 431. The van der Waals surface area contributed by atoms with Gasteiger partial charge in [-0.15, -0.1) is 0 Å². The molecule has 4 nitrogen and oxygen atoms in total. The summed E-state index contributed by atoms with van der Waals surface area (Å²) in [6.45, 7) is 3.27. The highest BCUT2D eigenvalue weighted by atomic mass is 16.4. The van der Waals surface area contributed by atoms with Crippen LogP contribution in [0.25, 0.3) is 0 Å². The topological polar surface area (TPSA) is 61.8 Å². The van der Waals surface area contributed by atoms with Crippen LogP contribution in [0, 0.1) is 0 Å². The van der Waals surface area contributed by atoms with E-state index in [1.807, 2.05) is 18.2 Å². The maximum absolute atomic E-state index is 8.88. The molecule has 0 bridgehead atoms. The molecule has 1 aromatic carbocycles. The zero-order chi connectivity index (χ0) is 13.0. The second-order valence-electron chi connectivity index (χ2n) is 4.75. The van der Waals surface area contributed by atoms with Crippen molar-refractivity contribution in [3.05, 3.63) is 29.8 Å². The Kier molecular flexibility index (Phi) is 4.07. The van der Waals surface area contributed by atoms with Gasteiger partial charge in [0, 0.05) is 23.8 Å². The van der Waals surface area contributed by atoms with Gasteiger partial charge in [-0.25, -0.2) is 0 Å². The number of benzene rings is 1. The Labute approximate surface area is 108 Å². The van der Waals surface area contributed by atoms with Crippen LogP contribution in [0.4, 0.5) is 5.69 Å². The summed E-state index contributed by atoms with van der Waals surface area (Å²) in [5, 5.41) is 12.0. The number of hydrogen-bond donors (Lipinski definition) is 2. The summed E-state index contributed by atoms with van der Waals surface area (Å²) >= 11 is 0. The molecule has 1 aliphatic heterocycles. The van der Waals surface area contributed by atoms with Crippen LogP contribution in [0.3, 0.4) is 0 Å². The number of anilines is 1. The van der Waals surface area contributed by atoms with Crippen molar-refractivity contribution >= 4 is 11.5 Å². The van der Waals surface area contributed by atoms with Crippen LogP contribution >= 0.6 is 0 Å². The van der Waals surface area contributed by atoms with Crippen molar-refractivity contribution in [2.24, 2.45) is 10.9 Å². The molecule has 0 spiro atoms. The van der Waals surface area contributed by atoms with Gasteiger partial charge in [0.05, 0.1) is 0 Å². The van der Waals surface area contributed by atoms with Gasteiger partial charge in [0.1, 0.15) is 0 Å². The molecule has 2 rings (SSSR count). The van der Waals surface area contributed by atoms with Crippen LogP contribution in [0.2, 0.25) is 0 Å². The lowest BCUT2D eigenvalue weighted by Gasteiger charge is -2.38. The van der Waals surface area contributed by atoms with Crippen LogP contribution in [-0.4, -0.2) is 23.6 Å². The minimum Gasteiger partial charge on any atom is -0.409 e. The number of hydrogen-bond acceptors (Lipinski definition) is 3. The lowest BCUT2D eigenvalue weighted by Crippen LogP contribution is -2.40. The minimum atomic E-state index is 0.186. The zero-order valence-corrected chi connectivity index (χ0v) is 10.8. The number of nitrogens with two attached hydrogens (primary N) is 1. The first-order valence-corrected chi connectivity index (χ1v) is 6.61. The van der Waals surface area contributed by atoms with Crippen LogP contribution in [-0.2, 0) is 0 Å². The van der Waals surface area contributed by atoms with Gasteiger partial charge in [-0.3, -0.25) is 0 Å². The van der Waals surface area contributed by atoms with E-state index in [2.05, 4.69) is 23.0 Å². The van der Waals surface area contributed by atoms with E-state index in [1.54, 1.807) is 0 Å². The van der Waals surface area contributed by atoms with E-state index in [0.717, 1.165) is 24.2 Å². The third-order valence-electron chi connectivity index (χ3n) is 3.70. The van der Waals surface area contributed by atoms with Crippen molar-refractivity contribution in [3.8, 4) is 0 Å². The first kappa shape index (κ1) is 12.7. The predicted molar refractivity (Wildman–Crippen MR) is 74.2 cm³/mol. The van der Waals surface area contributed by atoms with Gasteiger partial charge < -0.3 is 15.8 Å². The third-order valence-corrected chi connectivity index (χ3v) is 3.70. The molecule has 0 saturated carbocycles. The lowest BCUT2D eigenvalue weighted by molar-refractivity contribution is 0.318. The summed E-state index contributed by atoms with van der Waals surface area (Å²) in [6.07, 6.45) is 4.85. The fourth-order valence-corrected chi connectivity index (χ4v) is 2.74. The zero-order valence-electron chi connectivity index (χ0n) is 10.8. The Morgan fingerprint density at radius 2 is 2.22 bits per heavy atom. The Hall–Kier alpha value is -1.71. The number of para-hydroxylation sites is 1. The summed E-state index contributed by atoms with van der Waals surface area (Å²) in [6, 6.07) is 8.45. The van der Waals surface area contributed by atoms with Crippen LogP contribution in [0.15, 0.2) is 29.4 Å². The van der Waals surface area contributed by atoms with Crippen molar-refractivity contribution < 1.29 is 5.21 Å². The lowest BCUT2D eigenvalue weighted by atomic mass is 9.98. The third kappa shape index (κ3) is 2.42. The van der Waals surface area contributed by atoms with E-state index < -0.39 is 0 Å². The SMILES string of the molecule is CC[C@@H]1CCCCN1c1ccccc1/C(N)=N\O. The quantitative estimate of drug-likeness (QED) is 0.373. The highest BCUT2D eigenvalue weighted by Crippen LogP contribution is 2.29. The van der Waals surface area contributed by atoms with E-state index in [4.69, 9.17) is 10.9 Å². The fraction of sp³-hybridized carbons (Fsp3) is 0.500. The Morgan fingerprint density at radius 1 is 1.44 bits per heavy atom. The van der Waals surface area contributed by atoms with Crippen molar-refractivity contribution in [2.75, 3.05) is 11.4 Å². The Balaban J connectivity index is 2.37. The molecule has 0 aliphatic carbocycles. The molecule has 1 saturated heterocycles. The number of piperidine rings is 1. The van der Waals surface area contributed by atoms with Crippen molar-refractivity contribution in [1.29, 1.82) is 0 Å². The Morgan fingerprint density at radius 3 is 2.94 bits per heavy atom. The first-order valence-electron chi connectivity index (χ1n) is 6.61. The monoisotopic (exact) mass is 247 g/mol. The molecule has 0 aromatic heterocycles. The molecule has 4 heteroatoms. The van der Waals surface area contributed by atoms with Crippen molar-refractivity contribution in [1.82, 2.24) is 0 Å². The molecule has 1 fully saturated rings. The highest BCUT2D eigenvalue weighted by Gasteiger charge is 2.23. The summed E-state index contributed by atoms with van der Waals surface area (Å²) in [5.41, 5.74) is 7.66. The maximum atomic E-state index is 8.88. The second-order valence-corrected chi connectivity index (χ2v) is 4.75. The van der Waals surface area contributed by atoms with Gasteiger partial charge >= 0.3 is 0 Å². The summed E-state index contributed by atoms with van der Waals surface area (Å²) in [5.74, 6) is 0.186. The highest BCUT2D eigenvalue weighted by molar-refractivity contribution is 6.02. The molecule has 0 amide bonds. The average molecular weight is 247 g/mol. The predicted octanol–water partition coefficient (Wildman–Crippen LogP) is 2.55. The van der Waals surface area contributed by atoms with Gasteiger partial charge in [0.25, 0.3) is 0 Å². The molecule has 1 atom stereocenters. The molecular weight excluding hydrogens is 226 g/mol. The molecule has 0 unspecified atom stereocenters. The van der Waals surface area contributed by atoms with E-state index in [0.29, 0.717) is 6.04 Å². The smallest absolute Gasteiger partial charge is 0.172 e. The normalized spacial score (nSPS) is 21.1. The fourth-order valence-electron chi connectivity index (χ4n) is 2.74. The van der Waals surface area contributed by atoms with E-state index in [1.165, 1.54) is 19.3 Å². The van der Waals surface area contributed by atoms with Gasteiger partial charge in [-0.2, -0.15) is 0 Å². The molecule has 1 aromatic rings. The average Bonchev–Trinajstić information content (AvgIpc) is 2.46. The summed E-state index contributed by atoms with van der Waals surface area (Å²) in [7, 11) is 0. The van der Waals surface area contributed by atoms with Crippen LogP contribution < -0.4 is 10.6 Å². The maximum Gasteiger partial charge on any atom is 0.172 e. The van der Waals surface area contributed by atoms with Gasteiger partial charge in [0.2, 0.25) is 0 Å². The van der Waals surface area contributed by atoms with Gasteiger partial charge in [0.15, 0.2) is 5.84 Å². The van der Waals surface area contributed by atoms with Crippen LogP contribution in [0.1, 0.15) is 38.2 Å². The molecule has 18 heavy (non-hydrogen) atoms. The molecule has 3 N–H and O–H groups in total. The minimum absolute atomic E-state index is 0.186. The van der Waals surface area contributed by atoms with E-state index in [9.17, 15) is 0 Å². The van der Waals surface area contributed by atoms with Gasteiger partial charge in [-0.1, -0.05) is 24.2 Å². The number of oxime groups is 1. The van der Waals surface area contributed by atoms with Gasteiger partial charge in [-0.05, 0) is 37.8 Å². The van der Waals surface area contributed by atoms with Crippen LogP contribution in [0.5, 0.6) is 0 Å². The van der Waals surface area contributed by atoms with Crippen molar-refractivity contribution in [3.63, 3.8) is 0 Å². The molecule has 98 valence electrons. The van der Waals surface area contributed by atoms with Crippen molar-refractivity contribution in [2.45, 2.75) is 38.6 Å². The molecule has 0 radical (unpaired) electrons. The largest absolute Gasteiger partial charge is 0.409 e. The standard InChI is InChI=1S/C14H21N3O/c1-2-11-7-5-6-10-17(11)13-9-4-3-8-12(13)14(15)16-18/h3-4,8-9,11,18H,2,5-7,10H2,1H3,(H2,15,16)/t11-/m1/s1. The second kappa shape index (κ2) is 5.76. The molecule has 1 aliphatic rings. The first-order chi connectivity index (χ1) is 8.77. The number of rotatable bonds is 3. The van der Waals surface area contributed by atoms with E-state index in [-0.39, 0.29) is 5.84 Å². The number of amidine groups is 1. The van der Waals surface area contributed by atoms with E-state index >= 15 is 0 Å². The summed E-state index contributed by atoms with van der Waals surface area (Å²) in [4.78, 5) is 2.40. The molecule has 1 heterocycles.